The van der Waals surface area contributed by atoms with Crippen LogP contribution in [0.5, 0.6) is 0 Å². The molecule has 0 spiro atoms. The predicted octanol–water partition coefficient (Wildman–Crippen LogP) is 3.79. The summed E-state index contributed by atoms with van der Waals surface area (Å²) in [5.41, 5.74) is 0.311. The number of carbonyl (C=O) groups excluding carboxylic acids is 2. The second kappa shape index (κ2) is 12.1. The lowest BCUT2D eigenvalue weighted by molar-refractivity contribution is -0.137. The van der Waals surface area contributed by atoms with Crippen molar-refractivity contribution < 1.29 is 28.3 Å². The number of benzene rings is 1. The van der Waals surface area contributed by atoms with Crippen molar-refractivity contribution in [1.82, 2.24) is 10.2 Å². The molecule has 1 atom stereocenters. The van der Waals surface area contributed by atoms with E-state index in [-0.39, 0.29) is 42.3 Å². The molecule has 2 amide bonds. The molecule has 9 heteroatoms. The maximum Gasteiger partial charge on any atom is 0.303 e. The fraction of sp³-hybridized carbons (Fsp3) is 0.625. The molecule has 182 valence electrons. The van der Waals surface area contributed by atoms with Gasteiger partial charge in [-0.25, -0.2) is 8.78 Å². The maximum atomic E-state index is 14.8. The van der Waals surface area contributed by atoms with Gasteiger partial charge in [0.25, 0.3) is 0 Å². The fourth-order valence-electron chi connectivity index (χ4n) is 4.68. The molecule has 2 fully saturated rings. The molecule has 0 saturated carbocycles. The maximum absolute atomic E-state index is 14.8. The van der Waals surface area contributed by atoms with Crippen LogP contribution in [0.3, 0.4) is 0 Å². The number of unbranched alkanes of at least 4 members (excludes halogenated alkanes) is 4. The fourth-order valence-corrected chi connectivity index (χ4v) is 4.68. The molecule has 0 aromatic heterocycles. The summed E-state index contributed by atoms with van der Waals surface area (Å²) >= 11 is 0. The van der Waals surface area contributed by atoms with Gasteiger partial charge in [0.05, 0.1) is 0 Å². The number of anilines is 1. The molecule has 1 unspecified atom stereocenters. The normalized spacial score (nSPS) is 20.0. The summed E-state index contributed by atoms with van der Waals surface area (Å²) in [6.45, 7) is 2.53. The number of hydrogen-bond donors (Lipinski definition) is 3. The topological polar surface area (TPSA) is 98.7 Å². The Morgan fingerprint density at radius 1 is 1.03 bits per heavy atom. The lowest BCUT2D eigenvalue weighted by atomic mass is 9.88. The Labute approximate surface area is 192 Å². The first kappa shape index (κ1) is 25.1. The number of imide groups is 1. The molecule has 0 bridgehead atoms. The van der Waals surface area contributed by atoms with E-state index in [0.717, 1.165) is 51.7 Å². The zero-order chi connectivity index (χ0) is 23.8. The summed E-state index contributed by atoms with van der Waals surface area (Å²) in [6.07, 6.45) is 6.87. The van der Waals surface area contributed by atoms with Crippen LogP contribution in [0.1, 0.15) is 75.7 Å². The standard InChI is InChI=1S/C24H33F2N3O4/c25-18-14-17(27-20-7-8-21(30)28-24(20)33)15-19(26)23(18)16-9-12-29(13-10-16)11-5-3-1-2-4-6-22(31)32/h14-16,20,27H,1-13H2,(H,31,32)(H,28,30,33). The van der Waals surface area contributed by atoms with Crippen molar-refractivity contribution >= 4 is 23.5 Å². The van der Waals surface area contributed by atoms with Crippen molar-refractivity contribution in [3.63, 3.8) is 0 Å². The summed E-state index contributed by atoms with van der Waals surface area (Å²) in [4.78, 5) is 36.0. The molecule has 3 rings (SSSR count). The van der Waals surface area contributed by atoms with Crippen LogP contribution < -0.4 is 10.6 Å². The average molecular weight is 466 g/mol. The SMILES string of the molecule is O=C(O)CCCCCCCN1CCC(c2c(F)cc(NC3CCC(=O)NC3=O)cc2F)CC1. The molecule has 7 nitrogen and oxygen atoms in total. The Morgan fingerprint density at radius 3 is 2.30 bits per heavy atom. The molecule has 2 aliphatic rings. The number of aliphatic carboxylic acids is 1. The van der Waals surface area contributed by atoms with Crippen LogP contribution in [0.4, 0.5) is 14.5 Å². The summed E-state index contributed by atoms with van der Waals surface area (Å²) in [7, 11) is 0. The number of likely N-dealkylation sites (tertiary alicyclic amines) is 1. The number of carbonyl (C=O) groups is 3. The molecule has 0 radical (unpaired) electrons. The third-order valence-electron chi connectivity index (χ3n) is 6.52. The quantitative estimate of drug-likeness (QED) is 0.340. The molecule has 1 aromatic carbocycles. The van der Waals surface area contributed by atoms with Gasteiger partial charge >= 0.3 is 5.97 Å². The Kier molecular flexibility index (Phi) is 9.17. The van der Waals surface area contributed by atoms with Gasteiger partial charge in [-0.3, -0.25) is 19.7 Å². The van der Waals surface area contributed by atoms with Crippen molar-refractivity contribution in [2.24, 2.45) is 0 Å². The number of hydrogen-bond acceptors (Lipinski definition) is 5. The van der Waals surface area contributed by atoms with Gasteiger partial charge in [0.2, 0.25) is 11.8 Å². The minimum atomic E-state index is -0.744. The molecular weight excluding hydrogens is 432 g/mol. The van der Waals surface area contributed by atoms with Crippen molar-refractivity contribution in [3.8, 4) is 0 Å². The van der Waals surface area contributed by atoms with E-state index in [2.05, 4.69) is 15.5 Å². The van der Waals surface area contributed by atoms with E-state index in [1.54, 1.807) is 0 Å². The second-order valence-electron chi connectivity index (χ2n) is 9.03. The Balaban J connectivity index is 1.44. The lowest BCUT2D eigenvalue weighted by Crippen LogP contribution is -2.47. The predicted molar refractivity (Wildman–Crippen MR) is 120 cm³/mol. The largest absolute Gasteiger partial charge is 0.481 e. The molecule has 2 heterocycles. The smallest absolute Gasteiger partial charge is 0.303 e. The van der Waals surface area contributed by atoms with Gasteiger partial charge in [-0.05, 0) is 69.8 Å². The van der Waals surface area contributed by atoms with Crippen LogP contribution in [-0.4, -0.2) is 53.5 Å². The summed E-state index contributed by atoms with van der Waals surface area (Å²) in [5.74, 6) is -2.96. The Hall–Kier alpha value is -2.55. The van der Waals surface area contributed by atoms with Crippen molar-refractivity contribution in [1.29, 1.82) is 0 Å². The molecule has 2 saturated heterocycles. The zero-order valence-electron chi connectivity index (χ0n) is 18.9. The molecule has 0 aliphatic carbocycles. The van der Waals surface area contributed by atoms with Crippen LogP contribution in [0.2, 0.25) is 0 Å². The third kappa shape index (κ3) is 7.48. The van der Waals surface area contributed by atoms with E-state index < -0.39 is 29.6 Å². The van der Waals surface area contributed by atoms with Crippen molar-refractivity contribution in [2.45, 2.75) is 76.2 Å². The van der Waals surface area contributed by atoms with E-state index in [0.29, 0.717) is 12.8 Å². The first-order chi connectivity index (χ1) is 15.8. The van der Waals surface area contributed by atoms with Crippen LogP contribution in [0, 0.1) is 11.6 Å². The van der Waals surface area contributed by atoms with Gasteiger partial charge in [-0.15, -0.1) is 0 Å². The van der Waals surface area contributed by atoms with E-state index in [1.165, 1.54) is 12.1 Å². The minimum absolute atomic E-state index is 0.113. The van der Waals surface area contributed by atoms with E-state index in [4.69, 9.17) is 5.11 Å². The first-order valence-electron chi connectivity index (χ1n) is 11.9. The highest BCUT2D eigenvalue weighted by atomic mass is 19.1. The van der Waals surface area contributed by atoms with Gasteiger partial charge in [-0.2, -0.15) is 0 Å². The van der Waals surface area contributed by atoms with E-state index in [1.807, 2.05) is 0 Å². The lowest BCUT2D eigenvalue weighted by Gasteiger charge is -2.32. The minimum Gasteiger partial charge on any atom is -0.481 e. The van der Waals surface area contributed by atoms with Crippen LogP contribution in [0.15, 0.2) is 12.1 Å². The molecular formula is C24H33F2N3O4. The number of piperidine rings is 2. The van der Waals surface area contributed by atoms with Gasteiger partial charge in [0.15, 0.2) is 0 Å². The van der Waals surface area contributed by atoms with Gasteiger partial charge in [0.1, 0.15) is 17.7 Å². The highest BCUT2D eigenvalue weighted by Crippen LogP contribution is 2.33. The molecule has 33 heavy (non-hydrogen) atoms. The number of nitrogens with one attached hydrogen (secondary N) is 2. The molecule has 3 N–H and O–H groups in total. The van der Waals surface area contributed by atoms with E-state index >= 15 is 0 Å². The second-order valence-corrected chi connectivity index (χ2v) is 9.03. The first-order valence-corrected chi connectivity index (χ1v) is 11.9. The van der Waals surface area contributed by atoms with Gasteiger partial charge in [-0.1, -0.05) is 19.3 Å². The summed E-state index contributed by atoms with van der Waals surface area (Å²) in [6, 6.07) is 1.78. The van der Waals surface area contributed by atoms with Crippen LogP contribution >= 0.6 is 0 Å². The average Bonchev–Trinajstić information content (AvgIpc) is 2.75. The van der Waals surface area contributed by atoms with Crippen molar-refractivity contribution in [2.75, 3.05) is 25.0 Å². The number of carboxylic acid groups (broad SMARTS) is 1. The number of nitrogens with zero attached hydrogens (tertiary/aromatic N) is 1. The molecule has 1 aromatic rings. The number of rotatable bonds is 11. The van der Waals surface area contributed by atoms with Gasteiger partial charge < -0.3 is 15.3 Å². The van der Waals surface area contributed by atoms with Gasteiger partial charge in [0, 0.05) is 24.1 Å². The highest BCUT2D eigenvalue weighted by molar-refractivity contribution is 6.01. The summed E-state index contributed by atoms with van der Waals surface area (Å²) in [5, 5.41) is 13.7. The molecule has 2 aliphatic heterocycles. The Morgan fingerprint density at radius 2 is 1.67 bits per heavy atom. The third-order valence-corrected chi connectivity index (χ3v) is 6.52. The van der Waals surface area contributed by atoms with E-state index in [9.17, 15) is 23.2 Å². The summed E-state index contributed by atoms with van der Waals surface area (Å²) < 4.78 is 29.6. The monoisotopic (exact) mass is 465 g/mol. The highest BCUT2D eigenvalue weighted by Gasteiger charge is 2.29. The van der Waals surface area contributed by atoms with Crippen molar-refractivity contribution in [3.05, 3.63) is 29.3 Å². The number of carboxylic acids is 1. The number of amides is 2. The van der Waals surface area contributed by atoms with Crippen LogP contribution in [-0.2, 0) is 14.4 Å². The number of halogens is 2. The van der Waals surface area contributed by atoms with Crippen LogP contribution in [0.25, 0.3) is 0 Å². The Bertz CT molecular complexity index is 833. The zero-order valence-corrected chi connectivity index (χ0v) is 18.9.